The molecule has 2 aromatic rings. The van der Waals surface area contributed by atoms with Crippen LogP contribution in [0, 0.1) is 16.2 Å². The molecule has 1 saturated heterocycles. The van der Waals surface area contributed by atoms with Gasteiger partial charge in [0.2, 0.25) is 76.8 Å². The molecular weight excluding hydrogens is 1610 g/mol. The van der Waals surface area contributed by atoms with Crippen LogP contribution in [0.1, 0.15) is 140 Å². The van der Waals surface area contributed by atoms with Crippen LogP contribution in [0.4, 0.5) is 14.4 Å². The molecule has 41 N–H and O–H groups in total. The van der Waals surface area contributed by atoms with E-state index in [0.717, 1.165) is 4.90 Å². The number of rotatable bonds is 59. The van der Waals surface area contributed by atoms with Crippen LogP contribution in [0.15, 0.2) is 54.6 Å². The fraction of sp³-hybridized carbons (Fsp3) is 0.568. The number of guanidine groups is 3. The zero-order chi connectivity index (χ0) is 91.7. The van der Waals surface area contributed by atoms with E-state index in [9.17, 15) is 77.3 Å². The Bertz CT molecular complexity index is 3920. The number of phenolic OH excluding ortho intramolecular Hbond substituents is 1. The number of unbranched alkanes of at least 4 members (excludes halogenated alkanes) is 1. The number of aliphatic carboxylic acids is 1. The lowest BCUT2D eigenvalue weighted by Crippen LogP contribution is -2.61. The third-order valence-corrected chi connectivity index (χ3v) is 19.0. The second kappa shape index (κ2) is 56.0. The number of nitrogens with two attached hydrogens (primary N) is 10. The van der Waals surface area contributed by atoms with Gasteiger partial charge in [0.15, 0.2) is 17.9 Å². The Balaban J connectivity index is 2.13. The predicted octanol–water partition coefficient (Wildman–Crippen LogP) is -9.17. The molecule has 0 aromatic heterocycles. The summed E-state index contributed by atoms with van der Waals surface area (Å²) >= 11 is 0. The maximum atomic E-state index is 15.1. The number of carbonyl (C=O) groups excluding carboxylic acids is 16. The summed E-state index contributed by atoms with van der Waals surface area (Å²) in [6.45, 7) is -0.465. The number of hydrogen-bond donors (Lipinski definition) is 31. The zero-order valence-electron chi connectivity index (χ0n) is 68.4. The SMILES string of the molecule is N=C(N)NCCC[C@H](NC(=O)[C@@H]1CCCN1C(=O)[C@H](CCCNC(=N)N)NC(=O)[C@H](CCCNC(N)=O)NC(=O)[C@H](CCCNC(N)=O)NC(=O)[C@H](CCCNC(N)=O)NC(=O)[C@H](CCCCN)NC(=O)[C@H](Cc1ccccc1)NC(=O)[C@H](CCCNC(=N)N)NC(=O)[C@H](CC(N)=O)NC(=O)[C@H](Cc1ccc(O)cc1)NC(=O)[C@@H](N)CCC(N)=O)C(=O)O. The van der Waals surface area contributed by atoms with Crippen molar-refractivity contribution in [3.63, 3.8) is 0 Å². The van der Waals surface area contributed by atoms with Crippen LogP contribution in [0.2, 0.25) is 0 Å². The molecule has 12 atom stereocenters. The summed E-state index contributed by atoms with van der Waals surface area (Å²) in [5.41, 5.74) is 56.1. The molecule has 49 nitrogen and oxygen atoms in total. The van der Waals surface area contributed by atoms with Crippen LogP contribution in [-0.4, -0.2) is 259 Å². The molecule has 0 saturated carbocycles. The molecule has 2 aromatic carbocycles. The maximum absolute atomic E-state index is 15.1. The minimum Gasteiger partial charge on any atom is -0.508 e. The van der Waals surface area contributed by atoms with E-state index in [1.807, 2.05) is 0 Å². The van der Waals surface area contributed by atoms with E-state index in [0.29, 0.717) is 11.1 Å². The van der Waals surface area contributed by atoms with Gasteiger partial charge in [0, 0.05) is 65.1 Å². The van der Waals surface area contributed by atoms with Gasteiger partial charge < -0.3 is 158 Å². The number of benzene rings is 2. The first-order valence-corrected chi connectivity index (χ1v) is 40.0. The summed E-state index contributed by atoms with van der Waals surface area (Å²) in [5, 5.41) is 83.1. The molecule has 1 heterocycles. The summed E-state index contributed by atoms with van der Waals surface area (Å²) in [6, 6.07) is -8.27. The minimum absolute atomic E-state index is 0.00128. The zero-order valence-corrected chi connectivity index (χ0v) is 68.4. The second-order valence-electron chi connectivity index (χ2n) is 29.0. The summed E-state index contributed by atoms with van der Waals surface area (Å²) < 4.78 is 0. The molecular formula is C74H122N30O19. The van der Waals surface area contributed by atoms with E-state index in [2.05, 4.69) is 85.1 Å². The molecule has 0 radical (unpaired) electrons. The van der Waals surface area contributed by atoms with Crippen molar-refractivity contribution in [2.75, 3.05) is 52.4 Å². The highest BCUT2D eigenvalue weighted by Crippen LogP contribution is 2.22. The molecule has 123 heavy (non-hydrogen) atoms. The van der Waals surface area contributed by atoms with Crippen LogP contribution >= 0.6 is 0 Å². The fourth-order valence-corrected chi connectivity index (χ4v) is 12.7. The van der Waals surface area contributed by atoms with E-state index >= 15 is 14.4 Å². The molecule has 49 heteroatoms. The number of phenols is 1. The molecule has 1 fully saturated rings. The highest BCUT2D eigenvalue weighted by atomic mass is 16.4. The van der Waals surface area contributed by atoms with Crippen molar-refractivity contribution in [1.82, 2.24) is 90.0 Å². The van der Waals surface area contributed by atoms with Crippen molar-refractivity contribution >= 4 is 119 Å². The van der Waals surface area contributed by atoms with Gasteiger partial charge in [-0.1, -0.05) is 42.5 Å². The lowest BCUT2D eigenvalue weighted by atomic mass is 10.0. The molecule has 0 spiro atoms. The quantitative estimate of drug-likeness (QED) is 0.0166. The van der Waals surface area contributed by atoms with Gasteiger partial charge in [-0.15, -0.1) is 0 Å². The monoisotopic (exact) mass is 1730 g/mol. The number of carbonyl (C=O) groups is 17. The largest absolute Gasteiger partial charge is 0.508 e. The fourth-order valence-electron chi connectivity index (χ4n) is 12.7. The molecule has 1 aliphatic rings. The molecule has 3 rings (SSSR count). The van der Waals surface area contributed by atoms with Crippen molar-refractivity contribution < 1.29 is 91.7 Å². The number of nitrogens with one attached hydrogen (secondary N) is 19. The van der Waals surface area contributed by atoms with Crippen molar-refractivity contribution in [3.8, 4) is 5.75 Å². The van der Waals surface area contributed by atoms with Gasteiger partial charge in [-0.2, -0.15) is 0 Å². The Morgan fingerprint density at radius 3 is 1.09 bits per heavy atom. The lowest BCUT2D eigenvalue weighted by Gasteiger charge is -2.31. The normalized spacial score (nSPS) is 14.7. The van der Waals surface area contributed by atoms with Crippen LogP contribution in [0.5, 0.6) is 5.75 Å². The smallest absolute Gasteiger partial charge is 0.326 e. The van der Waals surface area contributed by atoms with Gasteiger partial charge in [-0.05, 0) is 145 Å². The summed E-state index contributed by atoms with van der Waals surface area (Å²) in [6.07, 6.45) is -3.21. The average Bonchev–Trinajstić information content (AvgIpc) is 1.82. The Labute approximate surface area is 708 Å². The number of amides is 19. The summed E-state index contributed by atoms with van der Waals surface area (Å²) in [4.78, 5) is 234. The average molecular weight is 1740 g/mol. The standard InChI is InChI=1S/C74H122N30O19/c75-29-5-4-15-44(97-63(114)52(37-40-13-2-1-3-14-40)102-62(113)48(16-6-30-88-69(79)80)98-65(116)53(39-56(78)107)103-64(115)51(38-41-23-25-42(105)26-24-41)101-57(108)43(76)27-28-55(77)106)58(109)94-45(17-7-33-91-72(85)121)59(110)95-46(18-8-34-92-73(86)122)60(111)96-47(19-9-35-93-74(87)123)61(112)99-49(20-10-31-89-70(81)82)67(118)104-36-12-22-54(104)66(117)100-50(68(119)120)21-11-32-90-71(83)84/h1-3,13-14,23-26,43-54,105H,4-12,15-22,27-39,75-76H2,(H2,77,106)(H2,78,107)(H,94,109)(H,95,110)(H,96,111)(H,97,114)(H,98,116)(H,99,112)(H,100,117)(H,101,108)(H,102,113)(H,103,115)(H,119,120)(H4,79,80,88)(H4,81,82,89)(H4,83,84,90)(H3,85,91,121)(H3,86,92,122)(H3,87,93,123)/t43-,44-,45-,46-,47-,48-,49-,50-,51-,52-,53-,54-/m0/s1. The lowest BCUT2D eigenvalue weighted by molar-refractivity contribution is -0.145. The highest BCUT2D eigenvalue weighted by Gasteiger charge is 2.41. The Kier molecular flexibility index (Phi) is 47.1. The number of primary amides is 5. The predicted molar refractivity (Wildman–Crippen MR) is 445 cm³/mol. The molecule has 682 valence electrons. The topological polar surface area (TPSA) is 858 Å². The summed E-state index contributed by atoms with van der Waals surface area (Å²) in [5.74, 6) is -15.9. The Morgan fingerprint density at radius 1 is 0.382 bits per heavy atom. The van der Waals surface area contributed by atoms with E-state index in [1.165, 1.54) is 24.3 Å². The highest BCUT2D eigenvalue weighted by molar-refractivity contribution is 6.00. The van der Waals surface area contributed by atoms with Gasteiger partial charge in [0.25, 0.3) is 0 Å². The van der Waals surface area contributed by atoms with Crippen LogP contribution in [0.25, 0.3) is 0 Å². The molecule has 0 unspecified atom stereocenters. The third-order valence-electron chi connectivity index (χ3n) is 19.0. The maximum Gasteiger partial charge on any atom is 0.326 e. The molecule has 1 aliphatic heterocycles. The molecule has 19 amide bonds. The van der Waals surface area contributed by atoms with Gasteiger partial charge >= 0.3 is 24.1 Å². The first-order valence-electron chi connectivity index (χ1n) is 40.0. The van der Waals surface area contributed by atoms with E-state index in [-0.39, 0.29) is 199 Å². The summed E-state index contributed by atoms with van der Waals surface area (Å²) in [7, 11) is 0. The minimum atomic E-state index is -1.89. The number of nitrogens with zero attached hydrogens (tertiary/aromatic N) is 1. The van der Waals surface area contributed by atoms with Crippen LogP contribution in [0.3, 0.4) is 0 Å². The van der Waals surface area contributed by atoms with Gasteiger partial charge in [-0.3, -0.25) is 78.6 Å². The van der Waals surface area contributed by atoms with E-state index in [4.69, 9.17) is 73.6 Å². The van der Waals surface area contributed by atoms with E-state index < -0.39 is 192 Å². The first-order chi connectivity index (χ1) is 58.3. The van der Waals surface area contributed by atoms with Crippen molar-refractivity contribution in [2.24, 2.45) is 57.3 Å². The van der Waals surface area contributed by atoms with Crippen LogP contribution < -0.4 is 142 Å². The number of carboxylic acids is 1. The van der Waals surface area contributed by atoms with Crippen LogP contribution in [-0.2, 0) is 80.0 Å². The number of urea groups is 3. The van der Waals surface area contributed by atoms with Gasteiger partial charge in [-0.25, -0.2) is 19.2 Å². The second-order valence-corrected chi connectivity index (χ2v) is 29.0. The first kappa shape index (κ1) is 104. The molecule has 0 bridgehead atoms. The van der Waals surface area contributed by atoms with Crippen molar-refractivity contribution in [2.45, 2.75) is 214 Å². The van der Waals surface area contributed by atoms with Gasteiger partial charge in [0.1, 0.15) is 72.2 Å². The molecule has 0 aliphatic carbocycles. The van der Waals surface area contributed by atoms with E-state index in [1.54, 1.807) is 30.3 Å². The van der Waals surface area contributed by atoms with Crippen molar-refractivity contribution in [1.29, 1.82) is 16.2 Å². The number of likely N-dealkylation sites (tertiary alicyclic amines) is 1. The Morgan fingerprint density at radius 2 is 0.715 bits per heavy atom. The number of carboxylic acid groups (broad SMARTS) is 1. The van der Waals surface area contributed by atoms with Gasteiger partial charge in [0.05, 0.1) is 12.5 Å². The number of hydrogen-bond acceptors (Lipinski definition) is 23. The third kappa shape index (κ3) is 42.2. The van der Waals surface area contributed by atoms with Crippen molar-refractivity contribution in [3.05, 3.63) is 65.7 Å². The Hall–Kier alpha value is -13.6. The number of aromatic hydroxyl groups is 1.